The summed E-state index contributed by atoms with van der Waals surface area (Å²) in [7, 11) is 3.10. The van der Waals surface area contributed by atoms with Crippen molar-refractivity contribution in [3.63, 3.8) is 0 Å². The van der Waals surface area contributed by atoms with Gasteiger partial charge < -0.3 is 29.5 Å². The zero-order valence-corrected chi connectivity index (χ0v) is 22.5. The Morgan fingerprint density at radius 1 is 1.23 bits per heavy atom. The molecule has 4 heterocycles. The first kappa shape index (κ1) is 27.0. The van der Waals surface area contributed by atoms with Crippen LogP contribution in [0.4, 0.5) is 9.39 Å². The first-order valence-corrected chi connectivity index (χ1v) is 13.1. The second-order valence-electron chi connectivity index (χ2n) is 9.34. The van der Waals surface area contributed by atoms with Crippen LogP contribution in [0.2, 0.25) is 0 Å². The molecule has 0 radical (unpaired) electrons. The van der Waals surface area contributed by atoms with E-state index in [1.165, 1.54) is 63.6 Å². The molecule has 5 rings (SSSR count). The van der Waals surface area contributed by atoms with Crippen molar-refractivity contribution in [2.24, 2.45) is 0 Å². The highest BCUT2D eigenvalue weighted by atomic mass is 32.1. The number of amides is 2. The van der Waals surface area contributed by atoms with Crippen LogP contribution in [0.3, 0.4) is 0 Å². The summed E-state index contributed by atoms with van der Waals surface area (Å²) in [6.07, 6.45) is 0.802. The molecule has 3 aromatic rings. The van der Waals surface area contributed by atoms with Crippen LogP contribution < -0.4 is 9.64 Å². The number of aromatic nitrogens is 3. The molecule has 14 heteroatoms. The zero-order chi connectivity index (χ0) is 27.8. The first-order chi connectivity index (χ1) is 18.7. The Bertz CT molecular complexity index is 1370. The Labute approximate surface area is 227 Å². The normalized spacial score (nSPS) is 20.1. The largest absolute Gasteiger partial charge is 0.496 e. The number of fused-ring (bicyclic) bond motifs is 1. The molecule has 1 unspecified atom stereocenters. The van der Waals surface area contributed by atoms with Crippen molar-refractivity contribution in [2.45, 2.75) is 31.8 Å². The maximum Gasteiger partial charge on any atom is 0.260 e. The summed E-state index contributed by atoms with van der Waals surface area (Å²) >= 11 is 1.22. The number of rotatable bonds is 9. The van der Waals surface area contributed by atoms with Crippen LogP contribution >= 0.6 is 11.3 Å². The van der Waals surface area contributed by atoms with E-state index in [0.717, 1.165) is 0 Å². The summed E-state index contributed by atoms with van der Waals surface area (Å²) in [4.78, 5) is 32.1. The van der Waals surface area contributed by atoms with Gasteiger partial charge in [0, 0.05) is 31.1 Å². The summed E-state index contributed by atoms with van der Waals surface area (Å²) in [6, 6.07) is 3.46. The summed E-state index contributed by atoms with van der Waals surface area (Å²) in [5.74, 6) is -0.683. The van der Waals surface area contributed by atoms with Crippen LogP contribution in [0.25, 0.3) is 5.00 Å². The number of hydrogen-bond donors (Lipinski definition) is 2. The van der Waals surface area contributed by atoms with E-state index < -0.39 is 30.2 Å². The SMILES string of the molecule is COc1ccc(F)cc1[C@H](CN1c2sc(-n3nccn3)c(C)c2C(=O)N([C@H]2CC(=O)N(C)C2)C1O)OCCO. The Morgan fingerprint density at radius 2 is 1.97 bits per heavy atom. The fraction of sp³-hybridized carbons (Fsp3) is 0.440. The zero-order valence-electron chi connectivity index (χ0n) is 21.7. The lowest BCUT2D eigenvalue weighted by molar-refractivity contribution is -0.126. The van der Waals surface area contributed by atoms with Crippen molar-refractivity contribution in [3.05, 3.63) is 53.1 Å². The van der Waals surface area contributed by atoms with Gasteiger partial charge in [-0.2, -0.15) is 10.2 Å². The summed E-state index contributed by atoms with van der Waals surface area (Å²) in [5.41, 5.74) is 1.35. The number of likely N-dealkylation sites (N-methyl/N-ethyl adjacent to an activating group) is 1. The molecule has 2 aromatic heterocycles. The van der Waals surface area contributed by atoms with E-state index in [-0.39, 0.29) is 38.6 Å². The molecule has 2 aliphatic heterocycles. The number of nitrogens with zero attached hydrogens (tertiary/aromatic N) is 6. The molecule has 1 saturated heterocycles. The lowest BCUT2D eigenvalue weighted by Crippen LogP contribution is -2.60. The number of ether oxygens (including phenoxy) is 2. The number of carbonyl (C=O) groups excluding carboxylic acids is 2. The highest BCUT2D eigenvalue weighted by molar-refractivity contribution is 7.19. The van der Waals surface area contributed by atoms with Gasteiger partial charge in [-0.1, -0.05) is 11.3 Å². The Kier molecular flexibility index (Phi) is 7.53. The monoisotopic (exact) mass is 560 g/mol. The van der Waals surface area contributed by atoms with E-state index in [4.69, 9.17) is 9.47 Å². The predicted octanol–water partition coefficient (Wildman–Crippen LogP) is 1.30. The molecule has 12 nitrogen and oxygen atoms in total. The topological polar surface area (TPSA) is 133 Å². The van der Waals surface area contributed by atoms with Crippen molar-refractivity contribution >= 4 is 28.2 Å². The van der Waals surface area contributed by atoms with Crippen LogP contribution in [0.5, 0.6) is 5.75 Å². The average Bonchev–Trinajstić information content (AvgIpc) is 3.63. The van der Waals surface area contributed by atoms with Gasteiger partial charge in [0.2, 0.25) is 12.3 Å². The molecule has 0 saturated carbocycles. The van der Waals surface area contributed by atoms with Gasteiger partial charge in [-0.3, -0.25) is 14.5 Å². The van der Waals surface area contributed by atoms with Crippen LogP contribution in [0.1, 0.15) is 34.0 Å². The Morgan fingerprint density at radius 3 is 2.62 bits per heavy atom. The smallest absolute Gasteiger partial charge is 0.260 e. The quantitative estimate of drug-likeness (QED) is 0.397. The van der Waals surface area contributed by atoms with E-state index in [9.17, 15) is 24.2 Å². The minimum absolute atomic E-state index is 0.0276. The molecule has 39 heavy (non-hydrogen) atoms. The van der Waals surface area contributed by atoms with E-state index in [0.29, 0.717) is 32.4 Å². The van der Waals surface area contributed by atoms with Crippen molar-refractivity contribution in [1.82, 2.24) is 24.8 Å². The number of benzene rings is 1. The number of hydrogen-bond acceptors (Lipinski definition) is 10. The highest BCUT2D eigenvalue weighted by Gasteiger charge is 2.47. The summed E-state index contributed by atoms with van der Waals surface area (Å²) in [6.45, 7) is 1.68. The second kappa shape index (κ2) is 10.9. The number of methoxy groups -OCH3 is 1. The predicted molar refractivity (Wildman–Crippen MR) is 138 cm³/mol. The van der Waals surface area contributed by atoms with Gasteiger partial charge in [-0.25, -0.2) is 4.39 Å². The number of thiophene rings is 1. The highest BCUT2D eigenvalue weighted by Crippen LogP contribution is 2.45. The van der Waals surface area contributed by atoms with Gasteiger partial charge in [0.15, 0.2) is 0 Å². The fourth-order valence-electron chi connectivity index (χ4n) is 5.07. The van der Waals surface area contributed by atoms with Crippen LogP contribution in [-0.4, -0.2) is 99.7 Å². The molecule has 1 fully saturated rings. The Hall–Kier alpha value is -3.59. The minimum atomic E-state index is -1.45. The van der Waals surface area contributed by atoms with E-state index in [1.807, 2.05) is 0 Å². The lowest BCUT2D eigenvalue weighted by atomic mass is 10.0. The molecular weight excluding hydrogens is 531 g/mol. The van der Waals surface area contributed by atoms with Gasteiger partial charge in [0.05, 0.1) is 50.9 Å². The third-order valence-corrected chi connectivity index (χ3v) is 8.26. The summed E-state index contributed by atoms with van der Waals surface area (Å²) < 4.78 is 25.7. The maximum absolute atomic E-state index is 14.3. The molecule has 0 bridgehead atoms. The van der Waals surface area contributed by atoms with Crippen LogP contribution in [-0.2, 0) is 9.53 Å². The van der Waals surface area contributed by atoms with Crippen molar-refractivity contribution < 1.29 is 33.7 Å². The third-order valence-electron chi connectivity index (χ3n) is 6.97. The molecular formula is C25H29FN6O6S. The minimum Gasteiger partial charge on any atom is -0.496 e. The van der Waals surface area contributed by atoms with Gasteiger partial charge in [0.1, 0.15) is 27.7 Å². The molecule has 3 atom stereocenters. The lowest BCUT2D eigenvalue weighted by Gasteiger charge is -2.44. The molecule has 1 aromatic carbocycles. The van der Waals surface area contributed by atoms with Crippen LogP contribution in [0.15, 0.2) is 30.6 Å². The van der Waals surface area contributed by atoms with Crippen LogP contribution in [0, 0.1) is 12.7 Å². The first-order valence-electron chi connectivity index (χ1n) is 12.3. The Balaban J connectivity index is 1.61. The number of carbonyl (C=O) groups is 2. The fourth-order valence-corrected chi connectivity index (χ4v) is 6.31. The van der Waals surface area contributed by atoms with Gasteiger partial charge in [-0.15, -0.1) is 4.80 Å². The maximum atomic E-state index is 14.3. The standard InChI is InChI=1S/C25H29FN6O6S/c1-14-21-22(35)31(16-11-20(34)29(2)12-16)25(36)30(24(21)39-23(14)32-27-6-7-28-32)13-19(38-9-8-33)17-10-15(26)4-5-18(17)37-3/h4-7,10,16,19,25,33,36H,8-9,11-13H2,1-3H3/t16-,19-,25?/m0/s1. The number of likely N-dealkylation sites (tertiary alicyclic amines) is 1. The van der Waals surface area contributed by atoms with Gasteiger partial charge >= 0.3 is 0 Å². The average molecular weight is 561 g/mol. The van der Waals surface area contributed by atoms with E-state index in [2.05, 4.69) is 10.2 Å². The number of aliphatic hydroxyl groups is 2. The van der Waals surface area contributed by atoms with Crippen molar-refractivity contribution in [1.29, 1.82) is 0 Å². The molecule has 0 spiro atoms. The molecule has 2 aliphatic rings. The molecule has 2 N–H and O–H groups in total. The number of anilines is 1. The van der Waals surface area contributed by atoms with Crippen molar-refractivity contribution in [3.8, 4) is 10.8 Å². The molecule has 208 valence electrons. The second-order valence-corrected chi connectivity index (χ2v) is 10.3. The number of halogens is 1. The molecule has 0 aliphatic carbocycles. The van der Waals surface area contributed by atoms with E-state index in [1.54, 1.807) is 18.9 Å². The van der Waals surface area contributed by atoms with Gasteiger partial charge in [-0.05, 0) is 25.1 Å². The van der Waals surface area contributed by atoms with Gasteiger partial charge in [0.25, 0.3) is 5.91 Å². The number of aliphatic hydroxyl groups excluding tert-OH is 2. The molecule has 2 amide bonds. The summed E-state index contributed by atoms with van der Waals surface area (Å²) in [5, 5.41) is 30.6. The third kappa shape index (κ3) is 4.84. The van der Waals surface area contributed by atoms with E-state index >= 15 is 0 Å². The van der Waals surface area contributed by atoms with Crippen molar-refractivity contribution in [2.75, 3.05) is 45.4 Å².